The first-order valence-electron chi connectivity index (χ1n) is 19.8. The van der Waals surface area contributed by atoms with Crippen molar-refractivity contribution < 1.29 is 0 Å². The number of fused-ring (bicyclic) bond motifs is 12. The summed E-state index contributed by atoms with van der Waals surface area (Å²) >= 11 is 3.81. The van der Waals surface area contributed by atoms with Gasteiger partial charge in [0.05, 0.1) is 22.1 Å². The first-order valence-corrected chi connectivity index (χ1v) is 21.4. The summed E-state index contributed by atoms with van der Waals surface area (Å²) in [5.41, 5.74) is 12.2. The molecular weight excluding hydrogens is 741 g/mol. The molecule has 4 heterocycles. The van der Waals surface area contributed by atoms with E-state index in [0.29, 0.717) is 0 Å². The van der Waals surface area contributed by atoms with E-state index in [0.717, 1.165) is 0 Å². The topological polar surface area (TPSA) is 9.86 Å². The molecular formula is C54H32N2S2. The molecule has 0 amide bonds. The standard InChI is InChI=1S/C54H32N2S2/c1-2-14-34(15-3-1)55-46-23-8-4-16-37(46)38-29-28-33(30-49(38)55)36-20-13-25-48-52(36)43-19-5-9-24-47(43)56(48)35-31-44-40-18-7-11-27-51(40)58-54(44)45(32-35)42-22-12-21-41-39-17-6-10-26-50(39)57-53(41)42/h1-32H. The van der Waals surface area contributed by atoms with Crippen LogP contribution in [0.4, 0.5) is 0 Å². The van der Waals surface area contributed by atoms with E-state index in [4.69, 9.17) is 0 Å². The van der Waals surface area contributed by atoms with Gasteiger partial charge in [0.2, 0.25) is 0 Å². The minimum Gasteiger partial charge on any atom is -0.309 e. The second-order valence-electron chi connectivity index (χ2n) is 15.2. The first-order chi connectivity index (χ1) is 28.8. The molecule has 0 aliphatic heterocycles. The first kappa shape index (κ1) is 32.1. The minimum atomic E-state index is 1.17. The van der Waals surface area contributed by atoms with Gasteiger partial charge >= 0.3 is 0 Å². The maximum atomic E-state index is 2.51. The highest BCUT2D eigenvalue weighted by atomic mass is 32.1. The highest BCUT2D eigenvalue weighted by Gasteiger charge is 2.21. The van der Waals surface area contributed by atoms with Crippen molar-refractivity contribution in [3.8, 4) is 33.6 Å². The molecule has 0 bridgehead atoms. The van der Waals surface area contributed by atoms with Crippen LogP contribution in [0.3, 0.4) is 0 Å². The van der Waals surface area contributed by atoms with Gasteiger partial charge in [-0.2, -0.15) is 0 Å². The van der Waals surface area contributed by atoms with Crippen LogP contribution in [0, 0.1) is 0 Å². The van der Waals surface area contributed by atoms with Crippen LogP contribution in [0.2, 0.25) is 0 Å². The van der Waals surface area contributed by atoms with Crippen LogP contribution in [0.5, 0.6) is 0 Å². The summed E-state index contributed by atoms with van der Waals surface area (Å²) in [6.45, 7) is 0. The Morgan fingerprint density at radius 3 is 1.64 bits per heavy atom. The van der Waals surface area contributed by atoms with Gasteiger partial charge in [-0.1, -0.05) is 133 Å². The minimum absolute atomic E-state index is 1.17. The van der Waals surface area contributed by atoms with Gasteiger partial charge in [-0.25, -0.2) is 0 Å². The summed E-state index contributed by atoms with van der Waals surface area (Å²) in [6, 6.07) is 71.8. The van der Waals surface area contributed by atoms with Gasteiger partial charge < -0.3 is 9.13 Å². The van der Waals surface area contributed by atoms with Crippen LogP contribution in [0.1, 0.15) is 0 Å². The molecule has 0 unspecified atom stereocenters. The zero-order chi connectivity index (χ0) is 37.9. The van der Waals surface area contributed by atoms with Gasteiger partial charge in [0.1, 0.15) is 0 Å². The zero-order valence-electron chi connectivity index (χ0n) is 31.2. The van der Waals surface area contributed by atoms with Gasteiger partial charge in [0.15, 0.2) is 0 Å². The molecule has 0 N–H and O–H groups in total. The summed E-state index contributed by atoms with van der Waals surface area (Å²) in [5.74, 6) is 0. The van der Waals surface area contributed by atoms with Crippen LogP contribution in [-0.4, -0.2) is 9.13 Å². The molecule has 4 heteroatoms. The lowest BCUT2D eigenvalue weighted by Gasteiger charge is -2.13. The van der Waals surface area contributed by atoms with Crippen LogP contribution in [0.15, 0.2) is 194 Å². The number of benzene rings is 9. The molecule has 4 aromatic heterocycles. The van der Waals surface area contributed by atoms with E-state index in [-0.39, 0.29) is 0 Å². The zero-order valence-corrected chi connectivity index (χ0v) is 32.8. The molecule has 58 heavy (non-hydrogen) atoms. The highest BCUT2D eigenvalue weighted by Crippen LogP contribution is 2.48. The van der Waals surface area contributed by atoms with Crippen LogP contribution in [-0.2, 0) is 0 Å². The molecule has 0 spiro atoms. The number of hydrogen-bond acceptors (Lipinski definition) is 2. The lowest BCUT2D eigenvalue weighted by atomic mass is 9.98. The molecule has 0 atom stereocenters. The smallest absolute Gasteiger partial charge is 0.0547 e. The Hall–Kier alpha value is -6.98. The molecule has 13 rings (SSSR count). The SMILES string of the molecule is c1ccc(-n2c3ccccc3c3ccc(-c4cccc5c4c4ccccc4n5-c4cc(-c5cccc6c5sc5ccccc56)c5sc6ccccc6c5c4)cc32)cc1. The Labute approximate surface area is 341 Å². The molecule has 0 saturated carbocycles. The van der Waals surface area contributed by atoms with Crippen molar-refractivity contribution in [3.05, 3.63) is 194 Å². The molecule has 2 nitrogen and oxygen atoms in total. The van der Waals surface area contributed by atoms with Crippen molar-refractivity contribution in [2.24, 2.45) is 0 Å². The molecule has 0 aliphatic carbocycles. The second kappa shape index (κ2) is 12.3. The molecule has 0 aliphatic rings. The Balaban J connectivity index is 1.10. The van der Waals surface area contributed by atoms with Gasteiger partial charge in [-0.3, -0.25) is 0 Å². The maximum absolute atomic E-state index is 2.51. The van der Waals surface area contributed by atoms with Crippen molar-refractivity contribution >= 4 is 107 Å². The fourth-order valence-electron chi connectivity index (χ4n) is 9.63. The number of nitrogens with zero attached hydrogens (tertiary/aromatic N) is 2. The number of thiophene rings is 2. The van der Waals surface area contributed by atoms with Gasteiger partial charge in [-0.05, 0) is 71.8 Å². The monoisotopic (exact) mass is 772 g/mol. The Bertz CT molecular complexity index is 3800. The number of para-hydroxylation sites is 3. The quantitative estimate of drug-likeness (QED) is 0.169. The predicted octanol–water partition coefficient (Wildman–Crippen LogP) is 16.0. The summed E-state index contributed by atoms with van der Waals surface area (Å²) in [7, 11) is 0. The Kier molecular flexibility index (Phi) is 6.79. The van der Waals surface area contributed by atoms with Crippen molar-refractivity contribution in [3.63, 3.8) is 0 Å². The van der Waals surface area contributed by atoms with Crippen molar-refractivity contribution in [2.75, 3.05) is 0 Å². The summed E-state index contributed by atoms with van der Waals surface area (Å²) in [6.07, 6.45) is 0. The van der Waals surface area contributed by atoms with E-state index in [1.54, 1.807) is 0 Å². The summed E-state index contributed by atoms with van der Waals surface area (Å²) < 4.78 is 10.2. The largest absolute Gasteiger partial charge is 0.309 e. The van der Waals surface area contributed by atoms with E-state index in [1.165, 1.54) is 118 Å². The van der Waals surface area contributed by atoms with Crippen molar-refractivity contribution in [2.45, 2.75) is 0 Å². The molecule has 0 saturated heterocycles. The van der Waals surface area contributed by atoms with E-state index in [1.807, 2.05) is 22.7 Å². The molecule has 9 aromatic carbocycles. The summed E-state index contributed by atoms with van der Waals surface area (Å²) in [5, 5.41) is 10.3. The third-order valence-electron chi connectivity index (χ3n) is 12.1. The van der Waals surface area contributed by atoms with Crippen molar-refractivity contribution in [1.82, 2.24) is 9.13 Å². The van der Waals surface area contributed by atoms with Crippen LogP contribution >= 0.6 is 22.7 Å². The lowest BCUT2D eigenvalue weighted by molar-refractivity contribution is 1.18. The average Bonchev–Trinajstić information content (AvgIpc) is 4.04. The Morgan fingerprint density at radius 1 is 0.293 bits per heavy atom. The fourth-order valence-corrected chi connectivity index (χ4v) is 12.1. The Morgan fingerprint density at radius 2 is 0.845 bits per heavy atom. The predicted molar refractivity (Wildman–Crippen MR) is 252 cm³/mol. The normalized spacial score (nSPS) is 12.1. The number of hydrogen-bond donors (Lipinski definition) is 0. The summed E-state index contributed by atoms with van der Waals surface area (Å²) in [4.78, 5) is 0. The number of rotatable bonds is 4. The van der Waals surface area contributed by atoms with Gasteiger partial charge in [-0.15, -0.1) is 22.7 Å². The molecule has 0 radical (unpaired) electrons. The average molecular weight is 773 g/mol. The molecule has 270 valence electrons. The molecule has 13 aromatic rings. The van der Waals surface area contributed by atoms with Crippen molar-refractivity contribution in [1.29, 1.82) is 0 Å². The lowest BCUT2D eigenvalue weighted by Crippen LogP contribution is -1.95. The molecule has 0 fully saturated rings. The maximum Gasteiger partial charge on any atom is 0.0547 e. The second-order valence-corrected chi connectivity index (χ2v) is 17.3. The van der Waals surface area contributed by atoms with Gasteiger partial charge in [0.25, 0.3) is 0 Å². The third kappa shape index (κ3) is 4.53. The van der Waals surface area contributed by atoms with Crippen LogP contribution in [0.25, 0.3) is 118 Å². The van der Waals surface area contributed by atoms with Crippen LogP contribution < -0.4 is 0 Å². The van der Waals surface area contributed by atoms with Gasteiger partial charge in [0, 0.05) is 84.4 Å². The number of aromatic nitrogens is 2. The third-order valence-corrected chi connectivity index (χ3v) is 14.6. The van der Waals surface area contributed by atoms with E-state index >= 15 is 0 Å². The van der Waals surface area contributed by atoms with E-state index in [9.17, 15) is 0 Å². The highest BCUT2D eigenvalue weighted by molar-refractivity contribution is 7.27. The van der Waals surface area contributed by atoms with E-state index in [2.05, 4.69) is 203 Å². The fraction of sp³-hybridized carbons (Fsp3) is 0. The van der Waals surface area contributed by atoms with E-state index < -0.39 is 0 Å².